The van der Waals surface area contributed by atoms with Gasteiger partial charge in [0.05, 0.1) is 6.10 Å². The van der Waals surface area contributed by atoms with Crippen molar-refractivity contribution in [1.29, 1.82) is 0 Å². The fourth-order valence-electron chi connectivity index (χ4n) is 2.25. The van der Waals surface area contributed by atoms with E-state index in [4.69, 9.17) is 9.47 Å². The lowest BCUT2D eigenvalue weighted by Gasteiger charge is -2.35. The van der Waals surface area contributed by atoms with Crippen LogP contribution in [0.25, 0.3) is 0 Å². The van der Waals surface area contributed by atoms with Gasteiger partial charge in [0.15, 0.2) is 0 Å². The molecule has 0 atom stereocenters. The van der Waals surface area contributed by atoms with Gasteiger partial charge in [-0.25, -0.2) is 4.79 Å². The van der Waals surface area contributed by atoms with Crippen molar-refractivity contribution in [2.24, 2.45) is 0 Å². The first-order chi connectivity index (χ1) is 9.44. The standard InChI is InChI=1S/C15H28N2O3/c1-15(2,3)20-14(18)17-10-8-16(9-11-17)7-4-12-19-13-5-6-13/h13H,4-12H2,1-3H3. The molecule has 5 nitrogen and oxygen atoms in total. The third-order valence-corrected chi connectivity index (χ3v) is 3.52. The number of carbonyl (C=O) groups excluding carboxylic acids is 1. The van der Waals surface area contributed by atoms with E-state index in [-0.39, 0.29) is 6.09 Å². The Balaban J connectivity index is 1.57. The molecular formula is C15H28N2O3. The molecule has 0 aromatic heterocycles. The quantitative estimate of drug-likeness (QED) is 0.725. The van der Waals surface area contributed by atoms with Crippen molar-refractivity contribution < 1.29 is 14.3 Å². The Morgan fingerprint density at radius 3 is 2.35 bits per heavy atom. The van der Waals surface area contributed by atoms with E-state index in [2.05, 4.69) is 4.90 Å². The summed E-state index contributed by atoms with van der Waals surface area (Å²) in [4.78, 5) is 16.1. The monoisotopic (exact) mass is 284 g/mol. The van der Waals surface area contributed by atoms with Gasteiger partial charge in [0.25, 0.3) is 0 Å². The normalized spacial score (nSPS) is 21.1. The Labute approximate surface area is 122 Å². The average Bonchev–Trinajstić information content (AvgIpc) is 3.17. The van der Waals surface area contributed by atoms with E-state index in [1.54, 1.807) is 0 Å². The van der Waals surface area contributed by atoms with Gasteiger partial charge < -0.3 is 14.4 Å². The number of carbonyl (C=O) groups is 1. The molecule has 116 valence electrons. The topological polar surface area (TPSA) is 42.0 Å². The molecule has 1 saturated carbocycles. The van der Waals surface area contributed by atoms with Crippen LogP contribution in [0.4, 0.5) is 4.79 Å². The Bertz CT molecular complexity index is 316. The van der Waals surface area contributed by atoms with Gasteiger partial charge in [-0.05, 0) is 40.0 Å². The molecule has 0 spiro atoms. The summed E-state index contributed by atoms with van der Waals surface area (Å²) in [6, 6.07) is 0. The van der Waals surface area contributed by atoms with E-state index in [0.29, 0.717) is 6.10 Å². The minimum absolute atomic E-state index is 0.186. The van der Waals surface area contributed by atoms with Crippen LogP contribution in [0.1, 0.15) is 40.0 Å². The second-order valence-corrected chi connectivity index (χ2v) is 6.73. The SMILES string of the molecule is CC(C)(C)OC(=O)N1CCN(CCCOC2CC2)CC1. The zero-order valence-corrected chi connectivity index (χ0v) is 13.1. The number of nitrogens with zero attached hydrogens (tertiary/aromatic N) is 2. The molecule has 1 heterocycles. The maximum absolute atomic E-state index is 11.9. The summed E-state index contributed by atoms with van der Waals surface area (Å²) < 4.78 is 11.0. The first-order valence-corrected chi connectivity index (χ1v) is 7.76. The summed E-state index contributed by atoms with van der Waals surface area (Å²) >= 11 is 0. The lowest BCUT2D eigenvalue weighted by Crippen LogP contribution is -2.50. The van der Waals surface area contributed by atoms with Crippen molar-refractivity contribution in [3.05, 3.63) is 0 Å². The van der Waals surface area contributed by atoms with E-state index >= 15 is 0 Å². The van der Waals surface area contributed by atoms with Gasteiger partial charge >= 0.3 is 6.09 Å². The third-order valence-electron chi connectivity index (χ3n) is 3.52. The molecule has 0 unspecified atom stereocenters. The predicted octanol–water partition coefficient (Wildman–Crippen LogP) is 2.11. The number of ether oxygens (including phenoxy) is 2. The Kier molecular flexibility index (Phi) is 5.27. The van der Waals surface area contributed by atoms with Gasteiger partial charge in [0, 0.05) is 39.3 Å². The fraction of sp³-hybridized carbons (Fsp3) is 0.933. The fourth-order valence-corrected chi connectivity index (χ4v) is 2.25. The van der Waals surface area contributed by atoms with E-state index in [1.165, 1.54) is 12.8 Å². The van der Waals surface area contributed by atoms with Gasteiger partial charge in [0.1, 0.15) is 5.60 Å². The Hall–Kier alpha value is -0.810. The molecule has 0 N–H and O–H groups in total. The van der Waals surface area contributed by atoms with Crippen LogP contribution in [0.2, 0.25) is 0 Å². The van der Waals surface area contributed by atoms with Gasteiger partial charge in [-0.3, -0.25) is 4.90 Å². The summed E-state index contributed by atoms with van der Waals surface area (Å²) in [5, 5.41) is 0. The van der Waals surface area contributed by atoms with Crippen LogP contribution in [0.3, 0.4) is 0 Å². The van der Waals surface area contributed by atoms with E-state index < -0.39 is 5.60 Å². The molecule has 1 aliphatic carbocycles. The summed E-state index contributed by atoms with van der Waals surface area (Å²) in [5.74, 6) is 0. The van der Waals surface area contributed by atoms with Gasteiger partial charge in [-0.15, -0.1) is 0 Å². The minimum Gasteiger partial charge on any atom is -0.444 e. The molecule has 2 aliphatic rings. The Morgan fingerprint density at radius 2 is 1.80 bits per heavy atom. The van der Waals surface area contributed by atoms with Crippen molar-refractivity contribution in [3.63, 3.8) is 0 Å². The number of hydrogen-bond donors (Lipinski definition) is 0. The van der Waals surface area contributed by atoms with Crippen LogP contribution in [-0.4, -0.2) is 66.9 Å². The molecule has 0 bridgehead atoms. The number of piperazine rings is 1. The van der Waals surface area contributed by atoms with Crippen molar-refractivity contribution >= 4 is 6.09 Å². The molecule has 2 fully saturated rings. The zero-order chi connectivity index (χ0) is 14.6. The predicted molar refractivity (Wildman–Crippen MR) is 77.8 cm³/mol. The van der Waals surface area contributed by atoms with Crippen LogP contribution in [-0.2, 0) is 9.47 Å². The van der Waals surface area contributed by atoms with Crippen molar-refractivity contribution in [1.82, 2.24) is 9.80 Å². The van der Waals surface area contributed by atoms with Gasteiger partial charge in [-0.1, -0.05) is 0 Å². The summed E-state index contributed by atoms with van der Waals surface area (Å²) in [5.41, 5.74) is -0.408. The molecule has 0 aromatic carbocycles. The second kappa shape index (κ2) is 6.76. The summed E-state index contributed by atoms with van der Waals surface area (Å²) in [6.45, 7) is 11.0. The molecule has 1 saturated heterocycles. The highest BCUT2D eigenvalue weighted by Gasteiger charge is 2.26. The highest BCUT2D eigenvalue weighted by molar-refractivity contribution is 5.68. The smallest absolute Gasteiger partial charge is 0.410 e. The second-order valence-electron chi connectivity index (χ2n) is 6.73. The molecule has 20 heavy (non-hydrogen) atoms. The maximum Gasteiger partial charge on any atom is 0.410 e. The number of hydrogen-bond acceptors (Lipinski definition) is 4. The van der Waals surface area contributed by atoms with Crippen LogP contribution in [0.5, 0.6) is 0 Å². The van der Waals surface area contributed by atoms with Crippen LogP contribution >= 0.6 is 0 Å². The van der Waals surface area contributed by atoms with Crippen LogP contribution in [0.15, 0.2) is 0 Å². The lowest BCUT2D eigenvalue weighted by atomic mass is 10.2. The van der Waals surface area contributed by atoms with E-state index in [9.17, 15) is 4.79 Å². The largest absolute Gasteiger partial charge is 0.444 e. The average molecular weight is 284 g/mol. The molecular weight excluding hydrogens is 256 g/mol. The van der Waals surface area contributed by atoms with Crippen molar-refractivity contribution in [2.45, 2.75) is 51.7 Å². The highest BCUT2D eigenvalue weighted by Crippen LogP contribution is 2.23. The summed E-state index contributed by atoms with van der Waals surface area (Å²) in [6.07, 6.45) is 3.94. The Morgan fingerprint density at radius 1 is 1.15 bits per heavy atom. The van der Waals surface area contributed by atoms with Crippen molar-refractivity contribution in [2.75, 3.05) is 39.3 Å². The first-order valence-electron chi connectivity index (χ1n) is 7.76. The minimum atomic E-state index is -0.408. The molecule has 1 amide bonds. The first kappa shape index (κ1) is 15.6. The highest BCUT2D eigenvalue weighted by atomic mass is 16.6. The molecule has 2 rings (SSSR count). The van der Waals surface area contributed by atoms with E-state index in [0.717, 1.165) is 45.8 Å². The third kappa shape index (κ3) is 5.67. The molecule has 5 heteroatoms. The lowest BCUT2D eigenvalue weighted by molar-refractivity contribution is 0.0135. The molecule has 0 radical (unpaired) electrons. The van der Waals surface area contributed by atoms with Crippen LogP contribution in [0, 0.1) is 0 Å². The van der Waals surface area contributed by atoms with Gasteiger partial charge in [0.2, 0.25) is 0 Å². The summed E-state index contributed by atoms with van der Waals surface area (Å²) in [7, 11) is 0. The molecule has 1 aliphatic heterocycles. The van der Waals surface area contributed by atoms with Crippen LogP contribution < -0.4 is 0 Å². The maximum atomic E-state index is 11.9. The molecule has 0 aromatic rings. The van der Waals surface area contributed by atoms with E-state index in [1.807, 2.05) is 25.7 Å². The van der Waals surface area contributed by atoms with Crippen molar-refractivity contribution in [3.8, 4) is 0 Å². The number of amides is 1. The zero-order valence-electron chi connectivity index (χ0n) is 13.1. The van der Waals surface area contributed by atoms with Gasteiger partial charge in [-0.2, -0.15) is 0 Å². The number of rotatable bonds is 5.